The second-order valence-electron chi connectivity index (χ2n) is 5.02. The highest BCUT2D eigenvalue weighted by atomic mass is 16.3. The van der Waals surface area contributed by atoms with Crippen molar-refractivity contribution in [2.75, 3.05) is 6.54 Å². The van der Waals surface area contributed by atoms with Crippen LogP contribution in [0.5, 0.6) is 0 Å². The summed E-state index contributed by atoms with van der Waals surface area (Å²) in [5, 5.41) is 3.58. The highest BCUT2D eigenvalue weighted by Gasteiger charge is 2.20. The average molecular weight is 260 g/mol. The second kappa shape index (κ2) is 6.71. The van der Waals surface area contributed by atoms with E-state index in [-0.39, 0.29) is 0 Å². The predicted molar refractivity (Wildman–Crippen MR) is 79.2 cm³/mol. The minimum atomic E-state index is 0.452. The third-order valence-corrected chi connectivity index (χ3v) is 3.82. The number of benzene rings is 1. The summed E-state index contributed by atoms with van der Waals surface area (Å²) in [6.45, 7) is 7.65. The first kappa shape index (κ1) is 14.1. The van der Waals surface area contributed by atoms with Crippen LogP contribution in [0.15, 0.2) is 28.7 Å². The van der Waals surface area contributed by atoms with Crippen molar-refractivity contribution in [3.8, 4) is 0 Å². The molecule has 0 amide bonds. The Balaban J connectivity index is 2.15. The monoisotopic (exact) mass is 260 g/mol. The van der Waals surface area contributed by atoms with Crippen LogP contribution in [0.25, 0.3) is 11.1 Å². The van der Waals surface area contributed by atoms with Crippen molar-refractivity contribution in [2.45, 2.75) is 46.1 Å². The summed E-state index contributed by atoms with van der Waals surface area (Å²) in [6.07, 6.45) is 3.25. The largest absolute Gasteiger partial charge is 0.441 e. The third kappa shape index (κ3) is 3.35. The van der Waals surface area contributed by atoms with Gasteiger partial charge < -0.3 is 9.73 Å². The minimum absolute atomic E-state index is 0.452. The van der Waals surface area contributed by atoms with Gasteiger partial charge in [0, 0.05) is 12.5 Å². The fourth-order valence-electron chi connectivity index (χ4n) is 2.72. The van der Waals surface area contributed by atoms with E-state index in [1.807, 2.05) is 24.3 Å². The fourth-order valence-corrected chi connectivity index (χ4v) is 2.72. The number of rotatable bonds is 7. The first-order chi connectivity index (χ1) is 9.28. The van der Waals surface area contributed by atoms with Crippen LogP contribution >= 0.6 is 0 Å². The molecule has 1 heterocycles. The zero-order valence-corrected chi connectivity index (χ0v) is 12.1. The van der Waals surface area contributed by atoms with Gasteiger partial charge in [-0.3, -0.25) is 0 Å². The van der Waals surface area contributed by atoms with Crippen molar-refractivity contribution in [3.05, 3.63) is 30.2 Å². The van der Waals surface area contributed by atoms with Gasteiger partial charge in [-0.1, -0.05) is 45.7 Å². The fraction of sp³-hybridized carbons (Fsp3) is 0.562. The Labute approximate surface area is 115 Å². The van der Waals surface area contributed by atoms with Crippen LogP contribution < -0.4 is 5.32 Å². The van der Waals surface area contributed by atoms with Gasteiger partial charge >= 0.3 is 0 Å². The molecule has 19 heavy (non-hydrogen) atoms. The molecule has 1 aromatic heterocycles. The van der Waals surface area contributed by atoms with Crippen LogP contribution in [0.2, 0.25) is 0 Å². The van der Waals surface area contributed by atoms with Crippen LogP contribution in [0, 0.1) is 5.92 Å². The SMILES string of the molecule is CCNC(Cc1nc2ccccc2o1)C(CC)CC. The topological polar surface area (TPSA) is 38.1 Å². The van der Waals surface area contributed by atoms with E-state index >= 15 is 0 Å². The van der Waals surface area contributed by atoms with Gasteiger partial charge in [-0.05, 0) is 24.6 Å². The molecule has 0 saturated heterocycles. The first-order valence-electron chi connectivity index (χ1n) is 7.36. The first-order valence-corrected chi connectivity index (χ1v) is 7.36. The van der Waals surface area contributed by atoms with Gasteiger partial charge in [-0.2, -0.15) is 0 Å². The number of nitrogens with one attached hydrogen (secondary N) is 1. The van der Waals surface area contributed by atoms with Gasteiger partial charge in [0.2, 0.25) is 0 Å². The Kier molecular flexibility index (Phi) is 4.97. The standard InChI is InChI=1S/C16H24N2O/c1-4-12(5-2)14(17-6-3)11-16-18-13-9-7-8-10-15(13)19-16/h7-10,12,14,17H,4-6,11H2,1-3H3. The van der Waals surface area contributed by atoms with Gasteiger partial charge in [-0.25, -0.2) is 4.98 Å². The maximum atomic E-state index is 5.83. The van der Waals surface area contributed by atoms with Crippen molar-refractivity contribution in [1.29, 1.82) is 0 Å². The third-order valence-electron chi connectivity index (χ3n) is 3.82. The number of fused-ring (bicyclic) bond motifs is 1. The highest BCUT2D eigenvalue weighted by molar-refractivity contribution is 5.72. The van der Waals surface area contributed by atoms with Crippen molar-refractivity contribution >= 4 is 11.1 Å². The molecule has 2 aromatic rings. The van der Waals surface area contributed by atoms with Crippen LogP contribution in [0.4, 0.5) is 0 Å². The molecule has 0 aliphatic heterocycles. The molecular weight excluding hydrogens is 236 g/mol. The zero-order valence-electron chi connectivity index (χ0n) is 12.1. The lowest BCUT2D eigenvalue weighted by Gasteiger charge is -2.24. The van der Waals surface area contributed by atoms with Crippen LogP contribution in [0.1, 0.15) is 39.5 Å². The van der Waals surface area contributed by atoms with E-state index < -0.39 is 0 Å². The molecule has 0 spiro atoms. The zero-order chi connectivity index (χ0) is 13.7. The van der Waals surface area contributed by atoms with E-state index in [9.17, 15) is 0 Å². The van der Waals surface area contributed by atoms with Gasteiger partial charge in [0.15, 0.2) is 11.5 Å². The molecule has 2 rings (SSSR count). The maximum Gasteiger partial charge on any atom is 0.197 e. The molecule has 1 unspecified atom stereocenters. The number of aromatic nitrogens is 1. The molecule has 104 valence electrons. The summed E-state index contributed by atoms with van der Waals surface area (Å²) < 4.78 is 5.83. The van der Waals surface area contributed by atoms with Gasteiger partial charge in [-0.15, -0.1) is 0 Å². The molecule has 0 radical (unpaired) electrons. The summed E-state index contributed by atoms with van der Waals surface area (Å²) in [5.41, 5.74) is 1.84. The molecule has 0 fully saturated rings. The van der Waals surface area contributed by atoms with E-state index in [1.54, 1.807) is 0 Å². The maximum absolute atomic E-state index is 5.83. The van der Waals surface area contributed by atoms with E-state index in [1.165, 1.54) is 12.8 Å². The molecule has 3 heteroatoms. The van der Waals surface area contributed by atoms with Crippen LogP contribution in [-0.4, -0.2) is 17.6 Å². The predicted octanol–water partition coefficient (Wildman–Crippen LogP) is 3.78. The Morgan fingerprint density at radius 3 is 2.53 bits per heavy atom. The van der Waals surface area contributed by atoms with Gasteiger partial charge in [0.25, 0.3) is 0 Å². The van der Waals surface area contributed by atoms with E-state index in [0.717, 1.165) is 30.0 Å². The number of hydrogen-bond acceptors (Lipinski definition) is 3. The molecule has 0 bridgehead atoms. The summed E-state index contributed by atoms with van der Waals surface area (Å²) in [4.78, 5) is 4.58. The van der Waals surface area contributed by atoms with Crippen LogP contribution in [-0.2, 0) is 6.42 Å². The van der Waals surface area contributed by atoms with Crippen molar-refractivity contribution in [1.82, 2.24) is 10.3 Å². The lowest BCUT2D eigenvalue weighted by atomic mass is 9.92. The van der Waals surface area contributed by atoms with Crippen molar-refractivity contribution in [2.24, 2.45) is 5.92 Å². The van der Waals surface area contributed by atoms with E-state index in [0.29, 0.717) is 12.0 Å². The quantitative estimate of drug-likeness (QED) is 0.823. The second-order valence-corrected chi connectivity index (χ2v) is 5.02. The average Bonchev–Trinajstić information content (AvgIpc) is 2.82. The smallest absolute Gasteiger partial charge is 0.197 e. The molecule has 0 aliphatic rings. The minimum Gasteiger partial charge on any atom is -0.441 e. The van der Waals surface area contributed by atoms with Gasteiger partial charge in [0.1, 0.15) is 5.52 Å². The Bertz CT molecular complexity index is 469. The number of oxazole rings is 1. The van der Waals surface area contributed by atoms with E-state index in [2.05, 4.69) is 31.1 Å². The Morgan fingerprint density at radius 1 is 1.16 bits per heavy atom. The highest BCUT2D eigenvalue weighted by Crippen LogP contribution is 2.20. The summed E-state index contributed by atoms with van der Waals surface area (Å²) in [7, 11) is 0. The molecule has 1 atom stereocenters. The number of para-hydroxylation sites is 2. The summed E-state index contributed by atoms with van der Waals surface area (Å²) in [6, 6.07) is 8.41. The lowest BCUT2D eigenvalue weighted by molar-refractivity contribution is 0.318. The molecule has 1 N–H and O–H groups in total. The normalized spacial score (nSPS) is 13.3. The van der Waals surface area contributed by atoms with Crippen LogP contribution in [0.3, 0.4) is 0 Å². The van der Waals surface area contributed by atoms with E-state index in [4.69, 9.17) is 4.42 Å². The number of hydrogen-bond donors (Lipinski definition) is 1. The Hall–Kier alpha value is -1.35. The molecule has 3 nitrogen and oxygen atoms in total. The lowest BCUT2D eigenvalue weighted by Crippen LogP contribution is -2.37. The molecule has 0 aliphatic carbocycles. The van der Waals surface area contributed by atoms with Crippen molar-refractivity contribution in [3.63, 3.8) is 0 Å². The molecule has 0 saturated carbocycles. The number of nitrogens with zero attached hydrogens (tertiary/aromatic N) is 1. The molecular formula is C16H24N2O. The van der Waals surface area contributed by atoms with Gasteiger partial charge in [0.05, 0.1) is 0 Å². The van der Waals surface area contributed by atoms with Crippen molar-refractivity contribution < 1.29 is 4.42 Å². The Morgan fingerprint density at radius 2 is 1.89 bits per heavy atom. The summed E-state index contributed by atoms with van der Waals surface area (Å²) >= 11 is 0. The number of likely N-dealkylation sites (N-methyl/N-ethyl adjacent to an activating group) is 1. The summed E-state index contributed by atoms with van der Waals surface area (Å²) in [5.74, 6) is 1.52. The molecule has 1 aromatic carbocycles.